The second kappa shape index (κ2) is 13.3. The summed E-state index contributed by atoms with van der Waals surface area (Å²) in [6, 6.07) is 61.4. The van der Waals surface area contributed by atoms with Crippen LogP contribution in [0.3, 0.4) is 0 Å². The number of fused-ring (bicyclic) bond motifs is 3. The Kier molecular flexibility index (Phi) is 8.37. The maximum atomic E-state index is 2.40. The molecule has 51 heavy (non-hydrogen) atoms. The van der Waals surface area contributed by atoms with Crippen molar-refractivity contribution < 1.29 is 0 Å². The van der Waals surface area contributed by atoms with E-state index in [2.05, 4.69) is 220 Å². The molecule has 2 heteroatoms. The number of hydrogen-bond acceptors (Lipinski definition) is 2. The Morgan fingerprint density at radius 1 is 0.373 bits per heavy atom. The summed E-state index contributed by atoms with van der Waals surface area (Å²) in [6.45, 7) is 9.05. The number of hydrogen-bond donors (Lipinski definition) is 0. The molecule has 1 aliphatic rings. The fourth-order valence-electron chi connectivity index (χ4n) is 7.62. The monoisotopic (exact) mass is 658 g/mol. The Balaban J connectivity index is 1.09. The van der Waals surface area contributed by atoms with Crippen LogP contribution in [-0.2, 0) is 5.41 Å². The van der Waals surface area contributed by atoms with Crippen molar-refractivity contribution in [2.24, 2.45) is 0 Å². The van der Waals surface area contributed by atoms with Crippen molar-refractivity contribution in [1.82, 2.24) is 0 Å². The van der Waals surface area contributed by atoms with Gasteiger partial charge in [-0.25, -0.2) is 0 Å². The molecular formula is C49H42N2. The van der Waals surface area contributed by atoms with E-state index in [4.69, 9.17) is 0 Å². The van der Waals surface area contributed by atoms with E-state index in [-0.39, 0.29) is 5.41 Å². The van der Waals surface area contributed by atoms with Crippen molar-refractivity contribution in [2.75, 3.05) is 9.80 Å². The lowest BCUT2D eigenvalue weighted by Crippen LogP contribution is -2.16. The van der Waals surface area contributed by atoms with Gasteiger partial charge in [0.05, 0.1) is 0 Å². The van der Waals surface area contributed by atoms with Crippen LogP contribution in [0, 0.1) is 13.8 Å². The standard InChI is InChI=1S/C49H42N2/c1-35-31-36(2)33-44(32-35)51(43-29-30-46-45-17-11-12-18-47(45)49(3,4)48(46)34-43)42-27-23-38(24-28-42)20-19-37-21-25-41(26-22-37)50(39-13-7-5-8-14-39)40-15-9-6-10-16-40/h5-34H,1-4H3/b20-19+. The van der Waals surface area contributed by atoms with Crippen molar-refractivity contribution >= 4 is 46.3 Å². The highest BCUT2D eigenvalue weighted by Gasteiger charge is 2.35. The molecule has 0 aromatic heterocycles. The summed E-state index contributed by atoms with van der Waals surface area (Å²) in [7, 11) is 0. The van der Waals surface area contributed by atoms with Crippen molar-refractivity contribution in [3.63, 3.8) is 0 Å². The van der Waals surface area contributed by atoms with Gasteiger partial charge in [0.2, 0.25) is 0 Å². The van der Waals surface area contributed by atoms with Crippen molar-refractivity contribution in [3.05, 3.63) is 203 Å². The third-order valence-electron chi connectivity index (χ3n) is 10.1. The Bertz CT molecular complexity index is 2270. The molecule has 0 amide bonds. The molecule has 0 aliphatic heterocycles. The second-order valence-electron chi connectivity index (χ2n) is 14.1. The highest BCUT2D eigenvalue weighted by Crippen LogP contribution is 2.50. The lowest BCUT2D eigenvalue weighted by atomic mass is 9.82. The van der Waals surface area contributed by atoms with Crippen molar-refractivity contribution in [1.29, 1.82) is 0 Å². The van der Waals surface area contributed by atoms with Crippen LogP contribution < -0.4 is 9.80 Å². The highest BCUT2D eigenvalue weighted by atomic mass is 15.1. The average molecular weight is 659 g/mol. The van der Waals surface area contributed by atoms with E-state index in [0.717, 1.165) is 33.9 Å². The molecule has 1 aliphatic carbocycles. The van der Waals surface area contributed by atoms with Gasteiger partial charge in [-0.3, -0.25) is 0 Å². The zero-order chi connectivity index (χ0) is 35.0. The van der Waals surface area contributed by atoms with Gasteiger partial charge in [0.1, 0.15) is 0 Å². The molecule has 0 bridgehead atoms. The van der Waals surface area contributed by atoms with Gasteiger partial charge in [-0.2, -0.15) is 0 Å². The molecule has 0 heterocycles. The number of aryl methyl sites for hydroxylation is 2. The van der Waals surface area contributed by atoms with E-state index < -0.39 is 0 Å². The van der Waals surface area contributed by atoms with Crippen molar-refractivity contribution in [3.8, 4) is 11.1 Å². The van der Waals surface area contributed by atoms with E-state index in [1.54, 1.807) is 0 Å². The van der Waals surface area contributed by atoms with Gasteiger partial charge in [-0.15, -0.1) is 0 Å². The van der Waals surface area contributed by atoms with E-state index >= 15 is 0 Å². The highest BCUT2D eigenvalue weighted by molar-refractivity contribution is 5.86. The molecule has 0 atom stereocenters. The number of para-hydroxylation sites is 2. The van der Waals surface area contributed by atoms with Gasteiger partial charge < -0.3 is 9.80 Å². The SMILES string of the molecule is Cc1cc(C)cc(N(c2ccc(/C=C/c3ccc(N(c4ccccc4)c4ccccc4)cc3)cc2)c2ccc3c(c2)C(C)(C)c2ccccc2-3)c1. The predicted octanol–water partition coefficient (Wildman–Crippen LogP) is 13.7. The third kappa shape index (κ3) is 6.26. The van der Waals surface area contributed by atoms with Crippen LogP contribution in [0.15, 0.2) is 170 Å². The van der Waals surface area contributed by atoms with E-state index in [1.165, 1.54) is 44.8 Å². The lowest BCUT2D eigenvalue weighted by molar-refractivity contribution is 0.660. The first kappa shape index (κ1) is 32.1. The largest absolute Gasteiger partial charge is 0.311 e. The third-order valence-corrected chi connectivity index (χ3v) is 10.1. The number of rotatable bonds is 8. The Morgan fingerprint density at radius 2 is 0.804 bits per heavy atom. The topological polar surface area (TPSA) is 6.48 Å². The zero-order valence-electron chi connectivity index (χ0n) is 29.7. The maximum Gasteiger partial charge on any atom is 0.0466 e. The van der Waals surface area contributed by atoms with Crippen LogP contribution in [0.5, 0.6) is 0 Å². The molecule has 248 valence electrons. The molecular weight excluding hydrogens is 617 g/mol. The zero-order valence-corrected chi connectivity index (χ0v) is 29.7. The Morgan fingerprint density at radius 3 is 1.35 bits per heavy atom. The lowest BCUT2D eigenvalue weighted by Gasteiger charge is -2.28. The van der Waals surface area contributed by atoms with Gasteiger partial charge >= 0.3 is 0 Å². The van der Waals surface area contributed by atoms with Gasteiger partial charge in [-0.1, -0.05) is 123 Å². The first-order chi connectivity index (χ1) is 24.8. The fourth-order valence-corrected chi connectivity index (χ4v) is 7.62. The van der Waals surface area contributed by atoms with Crippen LogP contribution in [0.4, 0.5) is 34.1 Å². The van der Waals surface area contributed by atoms with Crippen LogP contribution >= 0.6 is 0 Å². The minimum absolute atomic E-state index is 0.0651. The summed E-state index contributed by atoms with van der Waals surface area (Å²) in [4.78, 5) is 4.69. The van der Waals surface area contributed by atoms with Crippen LogP contribution in [0.1, 0.15) is 47.2 Å². The van der Waals surface area contributed by atoms with Crippen LogP contribution in [0.2, 0.25) is 0 Å². The van der Waals surface area contributed by atoms with Crippen LogP contribution in [0.25, 0.3) is 23.3 Å². The normalized spacial score (nSPS) is 12.8. The first-order valence-electron chi connectivity index (χ1n) is 17.8. The summed E-state index contributed by atoms with van der Waals surface area (Å²) in [6.07, 6.45) is 4.39. The molecule has 7 aromatic rings. The van der Waals surface area contributed by atoms with Gasteiger partial charge in [-0.05, 0) is 131 Å². The van der Waals surface area contributed by atoms with E-state index in [9.17, 15) is 0 Å². The van der Waals surface area contributed by atoms with Gasteiger partial charge in [0.15, 0.2) is 0 Å². The minimum atomic E-state index is -0.0651. The number of nitrogens with zero attached hydrogens (tertiary/aromatic N) is 2. The van der Waals surface area contributed by atoms with E-state index in [0.29, 0.717) is 0 Å². The Labute approximate surface area is 302 Å². The molecule has 0 spiro atoms. The number of benzene rings is 7. The molecule has 7 aromatic carbocycles. The molecule has 0 radical (unpaired) electrons. The Hall–Kier alpha value is -6.12. The fraction of sp³-hybridized carbons (Fsp3) is 0.102. The average Bonchev–Trinajstić information content (AvgIpc) is 3.38. The summed E-state index contributed by atoms with van der Waals surface area (Å²) in [5, 5.41) is 0. The molecule has 0 saturated carbocycles. The van der Waals surface area contributed by atoms with Gasteiger partial charge in [0.25, 0.3) is 0 Å². The quantitative estimate of drug-likeness (QED) is 0.150. The molecule has 0 unspecified atom stereocenters. The molecule has 2 nitrogen and oxygen atoms in total. The van der Waals surface area contributed by atoms with Crippen LogP contribution in [-0.4, -0.2) is 0 Å². The summed E-state index contributed by atoms with van der Waals surface area (Å²) < 4.78 is 0. The maximum absolute atomic E-state index is 2.40. The molecule has 0 N–H and O–H groups in total. The van der Waals surface area contributed by atoms with Gasteiger partial charge in [0, 0.05) is 39.5 Å². The first-order valence-corrected chi connectivity index (χ1v) is 17.8. The predicted molar refractivity (Wildman–Crippen MR) is 218 cm³/mol. The summed E-state index contributed by atoms with van der Waals surface area (Å²) in [5.74, 6) is 0. The minimum Gasteiger partial charge on any atom is -0.311 e. The van der Waals surface area contributed by atoms with Crippen molar-refractivity contribution in [2.45, 2.75) is 33.1 Å². The molecule has 0 fully saturated rings. The summed E-state index contributed by atoms with van der Waals surface area (Å²) >= 11 is 0. The molecule has 0 saturated heterocycles. The number of anilines is 6. The molecule has 8 rings (SSSR count). The smallest absolute Gasteiger partial charge is 0.0466 e. The van der Waals surface area contributed by atoms with E-state index in [1.807, 2.05) is 0 Å². The second-order valence-corrected chi connectivity index (χ2v) is 14.1. The summed E-state index contributed by atoms with van der Waals surface area (Å²) in [5.41, 5.74) is 17.1.